The number of nitrogens with two attached hydrogens (primary N) is 2. The van der Waals surface area contributed by atoms with Gasteiger partial charge in [-0.2, -0.15) is 0 Å². The van der Waals surface area contributed by atoms with Crippen LogP contribution in [0.1, 0.15) is 6.23 Å². The van der Waals surface area contributed by atoms with E-state index in [0.29, 0.717) is 33.9 Å². The number of rotatable bonds is 4. The summed E-state index contributed by atoms with van der Waals surface area (Å²) in [5, 5.41) is 22.6. The van der Waals surface area contributed by atoms with E-state index < -0.39 is 24.5 Å². The van der Waals surface area contributed by atoms with Gasteiger partial charge in [-0.1, -0.05) is 0 Å². The Hall–Kier alpha value is -3.47. The smallest absolute Gasteiger partial charge is 0.164 e. The quantitative estimate of drug-likeness (QED) is 0.384. The number of fused-ring (bicyclic) bond motifs is 2. The van der Waals surface area contributed by atoms with Gasteiger partial charge in [0.1, 0.15) is 54.3 Å². The van der Waals surface area contributed by atoms with Gasteiger partial charge in [0.2, 0.25) is 0 Å². The summed E-state index contributed by atoms with van der Waals surface area (Å²) in [6.07, 6.45) is -0.847. The Morgan fingerprint density at radius 3 is 2.77 bits per heavy atom. The van der Waals surface area contributed by atoms with E-state index in [2.05, 4.69) is 15.0 Å². The van der Waals surface area contributed by atoms with E-state index in [1.165, 1.54) is 6.33 Å². The van der Waals surface area contributed by atoms with Crippen LogP contribution in [0, 0.1) is 0 Å². The lowest BCUT2D eigenvalue weighted by molar-refractivity contribution is -0.0471. The van der Waals surface area contributed by atoms with E-state index >= 15 is 0 Å². The molecule has 1 aliphatic rings. The Bertz CT molecular complexity index is 1230. The fourth-order valence-corrected chi connectivity index (χ4v) is 3.67. The summed E-state index contributed by atoms with van der Waals surface area (Å²) >= 11 is 0. The highest BCUT2D eigenvalue weighted by Gasteiger charge is 2.44. The molecule has 3 aromatic heterocycles. The van der Waals surface area contributed by atoms with Crippen LogP contribution in [0.3, 0.4) is 0 Å². The van der Waals surface area contributed by atoms with Crippen LogP contribution < -0.4 is 16.2 Å². The summed E-state index contributed by atoms with van der Waals surface area (Å²) in [5.41, 5.74) is 12.8. The lowest BCUT2D eigenvalue weighted by Crippen LogP contribution is -2.34. The molecule has 10 nitrogen and oxygen atoms in total. The molecule has 4 heterocycles. The van der Waals surface area contributed by atoms with Crippen LogP contribution in [-0.2, 0) is 4.74 Å². The predicted molar refractivity (Wildman–Crippen MR) is 110 cm³/mol. The third-order valence-electron chi connectivity index (χ3n) is 5.25. The molecule has 154 valence electrons. The van der Waals surface area contributed by atoms with Crippen molar-refractivity contribution in [1.82, 2.24) is 19.5 Å². The van der Waals surface area contributed by atoms with Crippen molar-refractivity contribution in [2.75, 3.05) is 18.1 Å². The third-order valence-corrected chi connectivity index (χ3v) is 5.25. The molecular weight excluding hydrogens is 388 g/mol. The first kappa shape index (κ1) is 18.6. The SMILES string of the molecule is Nc1ccc2ccc(OC[C@H]3O[C@H](n4ccc5c(N)ncnc54)[C@H](O)[C@@H]3O)cc2n1. The molecule has 1 aromatic carbocycles. The topological polar surface area (TPSA) is 155 Å². The highest BCUT2D eigenvalue weighted by atomic mass is 16.6. The molecule has 0 spiro atoms. The second kappa shape index (κ2) is 7.10. The van der Waals surface area contributed by atoms with Gasteiger partial charge in [0, 0.05) is 17.6 Å². The Kier molecular flexibility index (Phi) is 4.39. The minimum absolute atomic E-state index is 0.0405. The molecule has 0 unspecified atom stereocenters. The first-order chi connectivity index (χ1) is 14.5. The second-order valence-corrected chi connectivity index (χ2v) is 7.17. The van der Waals surface area contributed by atoms with Crippen molar-refractivity contribution in [3.05, 3.63) is 48.9 Å². The Labute approximate surface area is 170 Å². The van der Waals surface area contributed by atoms with Crippen LogP contribution in [0.15, 0.2) is 48.9 Å². The third kappa shape index (κ3) is 3.07. The molecule has 0 radical (unpaired) electrons. The fourth-order valence-electron chi connectivity index (χ4n) is 3.67. The zero-order valence-corrected chi connectivity index (χ0v) is 15.8. The average molecular weight is 408 g/mol. The number of anilines is 2. The number of nitrogen functional groups attached to an aromatic ring is 2. The maximum Gasteiger partial charge on any atom is 0.164 e. The predicted octanol–water partition coefficient (Wildman–Crippen LogP) is 0.842. The fraction of sp³-hybridized carbons (Fsp3) is 0.250. The summed E-state index contributed by atoms with van der Waals surface area (Å²) in [6, 6.07) is 10.8. The summed E-state index contributed by atoms with van der Waals surface area (Å²) < 4.78 is 13.3. The highest BCUT2D eigenvalue weighted by Crippen LogP contribution is 2.33. The van der Waals surface area contributed by atoms with E-state index in [4.69, 9.17) is 20.9 Å². The van der Waals surface area contributed by atoms with Gasteiger partial charge in [-0.05, 0) is 30.3 Å². The maximum absolute atomic E-state index is 10.5. The first-order valence-electron chi connectivity index (χ1n) is 9.39. The molecule has 4 aromatic rings. The molecule has 1 aliphatic heterocycles. The average Bonchev–Trinajstić information content (AvgIpc) is 3.29. The van der Waals surface area contributed by atoms with Crippen molar-refractivity contribution in [2.45, 2.75) is 24.5 Å². The van der Waals surface area contributed by atoms with E-state index in [1.54, 1.807) is 35.0 Å². The summed E-state index contributed by atoms with van der Waals surface area (Å²) in [7, 11) is 0. The van der Waals surface area contributed by atoms with Crippen LogP contribution in [-0.4, -0.2) is 54.7 Å². The summed E-state index contributed by atoms with van der Waals surface area (Å²) in [4.78, 5) is 12.4. The molecule has 1 fully saturated rings. The summed E-state index contributed by atoms with van der Waals surface area (Å²) in [5.74, 6) is 1.31. The number of hydrogen-bond acceptors (Lipinski definition) is 9. The van der Waals surface area contributed by atoms with Crippen molar-refractivity contribution in [3.63, 3.8) is 0 Å². The maximum atomic E-state index is 10.5. The Balaban J connectivity index is 1.34. The van der Waals surface area contributed by atoms with Crippen LogP contribution >= 0.6 is 0 Å². The lowest BCUT2D eigenvalue weighted by atomic mass is 10.1. The van der Waals surface area contributed by atoms with Crippen LogP contribution in [0.5, 0.6) is 5.75 Å². The normalized spacial score (nSPS) is 23.9. The number of pyridine rings is 1. The van der Waals surface area contributed by atoms with Gasteiger partial charge in [-0.25, -0.2) is 15.0 Å². The number of ether oxygens (including phenoxy) is 2. The van der Waals surface area contributed by atoms with Gasteiger partial charge in [0.05, 0.1) is 10.9 Å². The van der Waals surface area contributed by atoms with Crippen molar-refractivity contribution in [2.24, 2.45) is 0 Å². The van der Waals surface area contributed by atoms with E-state index in [-0.39, 0.29) is 6.61 Å². The van der Waals surface area contributed by atoms with Crippen LogP contribution in [0.2, 0.25) is 0 Å². The monoisotopic (exact) mass is 408 g/mol. The molecule has 1 saturated heterocycles. The number of aromatic nitrogens is 4. The van der Waals surface area contributed by atoms with Crippen molar-refractivity contribution in [1.29, 1.82) is 0 Å². The molecule has 5 rings (SSSR count). The highest BCUT2D eigenvalue weighted by molar-refractivity contribution is 5.86. The molecular formula is C20H20N6O4. The molecule has 0 bridgehead atoms. The largest absolute Gasteiger partial charge is 0.491 e. The van der Waals surface area contributed by atoms with Gasteiger partial charge in [-0.3, -0.25) is 0 Å². The molecule has 10 heteroatoms. The minimum atomic E-state index is -1.16. The lowest BCUT2D eigenvalue weighted by Gasteiger charge is -2.17. The van der Waals surface area contributed by atoms with Gasteiger partial charge in [0.15, 0.2) is 6.23 Å². The zero-order chi connectivity index (χ0) is 20.8. The number of aliphatic hydroxyl groups excluding tert-OH is 2. The van der Waals surface area contributed by atoms with Crippen LogP contribution in [0.25, 0.3) is 21.9 Å². The zero-order valence-electron chi connectivity index (χ0n) is 15.8. The Morgan fingerprint density at radius 2 is 1.90 bits per heavy atom. The van der Waals surface area contributed by atoms with Crippen molar-refractivity contribution < 1.29 is 19.7 Å². The molecule has 4 atom stereocenters. The number of nitrogens with zero attached hydrogens (tertiary/aromatic N) is 4. The first-order valence-corrected chi connectivity index (χ1v) is 9.39. The standard InChI is InChI=1S/C20H20N6O4/c21-15-4-2-10-1-3-11(7-13(10)25-15)29-8-14-16(27)17(28)20(30-14)26-6-5-12-18(22)23-9-24-19(12)26/h1-7,9,14,16-17,20,27-28H,8H2,(H2,21,25)(H2,22,23,24)/t14-,16-,17-,20+/m1/s1. The van der Waals surface area contributed by atoms with Gasteiger partial charge in [-0.15, -0.1) is 0 Å². The second-order valence-electron chi connectivity index (χ2n) is 7.17. The van der Waals surface area contributed by atoms with Crippen molar-refractivity contribution >= 4 is 33.6 Å². The van der Waals surface area contributed by atoms with E-state index in [1.807, 2.05) is 12.1 Å². The molecule has 6 N–H and O–H groups in total. The van der Waals surface area contributed by atoms with E-state index in [9.17, 15) is 10.2 Å². The minimum Gasteiger partial charge on any atom is -0.491 e. The Morgan fingerprint density at radius 1 is 1.07 bits per heavy atom. The number of aliphatic hydroxyl groups is 2. The molecule has 0 aliphatic carbocycles. The van der Waals surface area contributed by atoms with Crippen molar-refractivity contribution in [3.8, 4) is 5.75 Å². The molecule has 30 heavy (non-hydrogen) atoms. The van der Waals surface area contributed by atoms with Gasteiger partial charge in [0.25, 0.3) is 0 Å². The molecule has 0 amide bonds. The van der Waals surface area contributed by atoms with Gasteiger partial charge < -0.3 is 35.7 Å². The van der Waals surface area contributed by atoms with Crippen LogP contribution in [0.4, 0.5) is 11.6 Å². The number of benzene rings is 1. The number of hydrogen-bond donors (Lipinski definition) is 4. The van der Waals surface area contributed by atoms with E-state index in [0.717, 1.165) is 5.39 Å². The van der Waals surface area contributed by atoms with Gasteiger partial charge >= 0.3 is 0 Å². The molecule has 0 saturated carbocycles. The summed E-state index contributed by atoms with van der Waals surface area (Å²) in [6.45, 7) is 0.0405.